The van der Waals surface area contributed by atoms with Gasteiger partial charge in [-0.15, -0.1) is 0 Å². The van der Waals surface area contributed by atoms with Crippen LogP contribution in [0.15, 0.2) is 42.9 Å². The van der Waals surface area contributed by atoms with Crippen molar-refractivity contribution in [1.29, 1.82) is 0 Å². The van der Waals surface area contributed by atoms with Crippen molar-refractivity contribution in [3.63, 3.8) is 0 Å². The van der Waals surface area contributed by atoms with E-state index in [4.69, 9.17) is 9.84 Å². The summed E-state index contributed by atoms with van der Waals surface area (Å²) in [6.07, 6.45) is 1.77. The van der Waals surface area contributed by atoms with Gasteiger partial charge in [0.2, 0.25) is 0 Å². The molecule has 0 saturated heterocycles. The summed E-state index contributed by atoms with van der Waals surface area (Å²) >= 11 is 0. The molecule has 0 bridgehead atoms. The molecule has 0 spiro atoms. The lowest BCUT2D eigenvalue weighted by Gasteiger charge is -2.03. The van der Waals surface area contributed by atoms with Crippen molar-refractivity contribution in [1.82, 2.24) is 0 Å². The molecule has 1 rings (SSSR count). The number of esters is 1. The van der Waals surface area contributed by atoms with Crippen LogP contribution in [0.3, 0.4) is 0 Å². The third-order valence-electron chi connectivity index (χ3n) is 1.81. The smallest absolute Gasteiger partial charge is 0.379 e. The van der Waals surface area contributed by atoms with Gasteiger partial charge in [-0.25, -0.2) is 4.79 Å². The highest BCUT2D eigenvalue weighted by atomic mass is 16.6. The van der Waals surface area contributed by atoms with Gasteiger partial charge >= 0.3 is 5.97 Å². The summed E-state index contributed by atoms with van der Waals surface area (Å²) in [5.41, 5.74) is 0.286. The van der Waals surface area contributed by atoms with Crippen molar-refractivity contribution < 1.29 is 24.2 Å². The van der Waals surface area contributed by atoms with Crippen molar-refractivity contribution in [2.45, 2.75) is 0 Å². The summed E-state index contributed by atoms with van der Waals surface area (Å²) in [7, 11) is 0. The SMILES string of the molecule is O=C(OCCO/C=C/O)C(=O)c1ccccc1. The molecule has 1 aromatic carbocycles. The molecular formula is C12H12O5. The van der Waals surface area contributed by atoms with Crippen LogP contribution in [0.2, 0.25) is 0 Å². The first-order valence-electron chi connectivity index (χ1n) is 4.93. The minimum absolute atomic E-state index is 0.0538. The molecule has 1 N–H and O–H groups in total. The molecule has 0 aromatic heterocycles. The lowest BCUT2D eigenvalue weighted by atomic mass is 10.1. The largest absolute Gasteiger partial charge is 0.512 e. The third kappa shape index (κ3) is 4.38. The van der Waals surface area contributed by atoms with Crippen molar-refractivity contribution in [2.24, 2.45) is 0 Å². The monoisotopic (exact) mass is 236 g/mol. The Bertz CT molecular complexity index is 397. The molecule has 0 fully saturated rings. The molecule has 0 unspecified atom stereocenters. The Morgan fingerprint density at radius 3 is 2.53 bits per heavy atom. The summed E-state index contributed by atoms with van der Waals surface area (Å²) in [5.74, 6) is -1.61. The van der Waals surface area contributed by atoms with Crippen LogP contribution in [0.25, 0.3) is 0 Å². The van der Waals surface area contributed by atoms with E-state index in [1.807, 2.05) is 0 Å². The molecule has 0 aliphatic heterocycles. The normalized spacial score (nSPS) is 10.1. The average molecular weight is 236 g/mol. The molecule has 0 aliphatic rings. The van der Waals surface area contributed by atoms with Crippen LogP contribution in [-0.2, 0) is 14.3 Å². The van der Waals surface area contributed by atoms with E-state index < -0.39 is 11.8 Å². The van der Waals surface area contributed by atoms with E-state index >= 15 is 0 Å². The minimum Gasteiger partial charge on any atom is -0.512 e. The van der Waals surface area contributed by atoms with Gasteiger partial charge in [-0.1, -0.05) is 30.3 Å². The second-order valence-corrected chi connectivity index (χ2v) is 2.99. The van der Waals surface area contributed by atoms with Gasteiger partial charge in [0.1, 0.15) is 25.7 Å². The van der Waals surface area contributed by atoms with Gasteiger partial charge in [-0.2, -0.15) is 0 Å². The fraction of sp³-hybridized carbons (Fsp3) is 0.167. The molecule has 0 aliphatic carbocycles. The number of carbonyl (C=O) groups excluding carboxylic acids is 2. The highest BCUT2D eigenvalue weighted by molar-refractivity contribution is 6.40. The molecule has 1 aromatic rings. The predicted octanol–water partition coefficient (Wildman–Crippen LogP) is 1.46. The molecule has 5 nitrogen and oxygen atoms in total. The maximum Gasteiger partial charge on any atom is 0.379 e. The van der Waals surface area contributed by atoms with Crippen molar-refractivity contribution in [3.05, 3.63) is 48.4 Å². The molecule has 0 saturated carbocycles. The first kappa shape index (κ1) is 12.8. The van der Waals surface area contributed by atoms with Gasteiger partial charge in [-0.3, -0.25) is 4.79 Å². The quantitative estimate of drug-likeness (QED) is 0.266. The van der Waals surface area contributed by atoms with Crippen LogP contribution in [0.5, 0.6) is 0 Å². The maximum absolute atomic E-state index is 11.5. The zero-order valence-electron chi connectivity index (χ0n) is 9.04. The van der Waals surface area contributed by atoms with Crippen LogP contribution < -0.4 is 0 Å². The van der Waals surface area contributed by atoms with E-state index in [9.17, 15) is 9.59 Å². The lowest BCUT2D eigenvalue weighted by molar-refractivity contribution is -0.139. The Morgan fingerprint density at radius 2 is 1.88 bits per heavy atom. The number of hydrogen-bond acceptors (Lipinski definition) is 5. The van der Waals surface area contributed by atoms with Crippen LogP contribution in [0.1, 0.15) is 10.4 Å². The fourth-order valence-corrected chi connectivity index (χ4v) is 1.07. The highest BCUT2D eigenvalue weighted by Gasteiger charge is 2.16. The van der Waals surface area contributed by atoms with E-state index in [2.05, 4.69) is 4.74 Å². The lowest BCUT2D eigenvalue weighted by Crippen LogP contribution is -2.19. The van der Waals surface area contributed by atoms with E-state index in [0.29, 0.717) is 0 Å². The van der Waals surface area contributed by atoms with E-state index in [1.165, 1.54) is 12.1 Å². The van der Waals surface area contributed by atoms with Crippen LogP contribution in [0, 0.1) is 0 Å². The van der Waals surface area contributed by atoms with E-state index in [1.54, 1.807) is 18.2 Å². The second-order valence-electron chi connectivity index (χ2n) is 2.99. The minimum atomic E-state index is -0.923. The summed E-state index contributed by atoms with van der Waals surface area (Å²) < 4.78 is 9.38. The summed E-state index contributed by atoms with van der Waals surface area (Å²) in [4.78, 5) is 22.8. The number of Topliss-reactive ketones (excluding diaryl/α,β-unsaturated/α-hetero) is 1. The standard InChI is InChI=1S/C12H12O5/c13-6-7-16-8-9-17-12(15)11(14)10-4-2-1-3-5-10/h1-7,13H,8-9H2/b7-6+. The first-order valence-corrected chi connectivity index (χ1v) is 4.93. The summed E-state index contributed by atoms with van der Waals surface area (Å²) in [6.45, 7) is 0.0205. The number of hydrogen-bond donors (Lipinski definition) is 1. The van der Waals surface area contributed by atoms with Crippen molar-refractivity contribution in [3.8, 4) is 0 Å². The van der Waals surface area contributed by atoms with Crippen LogP contribution in [0.4, 0.5) is 0 Å². The van der Waals surface area contributed by atoms with Crippen molar-refractivity contribution in [2.75, 3.05) is 13.2 Å². The number of carbonyl (C=O) groups is 2. The average Bonchev–Trinajstić information content (AvgIpc) is 2.38. The number of benzene rings is 1. The van der Waals surface area contributed by atoms with Gasteiger partial charge in [-0.05, 0) is 0 Å². The molecule has 0 radical (unpaired) electrons. The second kappa shape index (κ2) is 7.05. The maximum atomic E-state index is 11.5. The number of aliphatic hydroxyl groups is 1. The molecular weight excluding hydrogens is 224 g/mol. The topological polar surface area (TPSA) is 72.8 Å². The number of aliphatic hydroxyl groups excluding tert-OH is 1. The molecule has 90 valence electrons. The number of ketones is 1. The fourth-order valence-electron chi connectivity index (χ4n) is 1.07. The zero-order valence-corrected chi connectivity index (χ0v) is 9.04. The van der Waals surface area contributed by atoms with Gasteiger partial charge in [0.25, 0.3) is 5.78 Å². The zero-order chi connectivity index (χ0) is 12.5. The van der Waals surface area contributed by atoms with Gasteiger partial charge in [0.05, 0.1) is 0 Å². The highest BCUT2D eigenvalue weighted by Crippen LogP contribution is 2.01. The summed E-state index contributed by atoms with van der Waals surface area (Å²) in [5, 5.41) is 8.24. The Labute approximate surface area is 98.3 Å². The molecule has 0 heterocycles. The van der Waals surface area contributed by atoms with Crippen molar-refractivity contribution >= 4 is 11.8 Å². The Balaban J connectivity index is 2.36. The molecule has 5 heteroatoms. The number of rotatable bonds is 6. The van der Waals surface area contributed by atoms with Crippen LogP contribution >= 0.6 is 0 Å². The van der Waals surface area contributed by atoms with Gasteiger partial charge in [0, 0.05) is 5.56 Å². The van der Waals surface area contributed by atoms with E-state index in [0.717, 1.165) is 12.5 Å². The summed E-state index contributed by atoms with van der Waals surface area (Å²) in [6, 6.07) is 8.14. The Kier molecular flexibility index (Phi) is 5.30. The number of ether oxygens (including phenoxy) is 2. The molecule has 0 atom stereocenters. The van der Waals surface area contributed by atoms with Gasteiger partial charge in [0.15, 0.2) is 0 Å². The first-order chi connectivity index (χ1) is 8.25. The van der Waals surface area contributed by atoms with E-state index in [-0.39, 0.29) is 18.8 Å². The third-order valence-corrected chi connectivity index (χ3v) is 1.81. The Morgan fingerprint density at radius 1 is 1.18 bits per heavy atom. The Hall–Kier alpha value is -2.30. The van der Waals surface area contributed by atoms with Crippen LogP contribution in [-0.4, -0.2) is 30.1 Å². The van der Waals surface area contributed by atoms with Gasteiger partial charge < -0.3 is 14.6 Å². The predicted molar refractivity (Wildman–Crippen MR) is 59.5 cm³/mol. The molecule has 17 heavy (non-hydrogen) atoms. The molecule has 0 amide bonds.